The number of aryl methyl sites for hydroxylation is 2. The standard InChI is InChI=1S/C14H15NO/c1-9-3-4-10(2)13(7-9)12-6-5-11(15)8-14(12)16/h3-8,16H,15H2,1-2H3. The van der Waals surface area contributed by atoms with Crippen LogP contribution in [0.4, 0.5) is 5.69 Å². The fourth-order valence-electron chi connectivity index (χ4n) is 1.80. The highest BCUT2D eigenvalue weighted by molar-refractivity contribution is 5.75. The summed E-state index contributed by atoms with van der Waals surface area (Å²) in [4.78, 5) is 0. The molecule has 3 N–H and O–H groups in total. The second kappa shape index (κ2) is 3.89. The van der Waals surface area contributed by atoms with E-state index in [0.717, 1.165) is 16.7 Å². The molecular weight excluding hydrogens is 198 g/mol. The van der Waals surface area contributed by atoms with Gasteiger partial charge < -0.3 is 10.8 Å². The van der Waals surface area contributed by atoms with Crippen LogP contribution in [0, 0.1) is 13.8 Å². The van der Waals surface area contributed by atoms with E-state index in [0.29, 0.717) is 5.69 Å². The van der Waals surface area contributed by atoms with Crippen molar-refractivity contribution < 1.29 is 5.11 Å². The van der Waals surface area contributed by atoms with Gasteiger partial charge in [0.05, 0.1) is 0 Å². The molecule has 0 amide bonds. The van der Waals surface area contributed by atoms with Gasteiger partial charge in [0.1, 0.15) is 5.75 Å². The molecule has 0 spiro atoms. The van der Waals surface area contributed by atoms with E-state index in [9.17, 15) is 5.11 Å². The maximum atomic E-state index is 9.88. The number of phenolic OH excluding ortho intramolecular Hbond substituents is 1. The van der Waals surface area contributed by atoms with E-state index in [2.05, 4.69) is 18.2 Å². The zero-order valence-electron chi connectivity index (χ0n) is 9.49. The van der Waals surface area contributed by atoms with Crippen molar-refractivity contribution in [2.45, 2.75) is 13.8 Å². The third-order valence-corrected chi connectivity index (χ3v) is 2.71. The van der Waals surface area contributed by atoms with Crippen molar-refractivity contribution >= 4 is 5.69 Å². The summed E-state index contributed by atoms with van der Waals surface area (Å²) in [5.41, 5.74) is 10.4. The van der Waals surface area contributed by atoms with Gasteiger partial charge in [0, 0.05) is 17.3 Å². The second-order valence-electron chi connectivity index (χ2n) is 4.09. The monoisotopic (exact) mass is 213 g/mol. The van der Waals surface area contributed by atoms with E-state index in [4.69, 9.17) is 5.73 Å². The fraction of sp³-hybridized carbons (Fsp3) is 0.143. The molecule has 2 nitrogen and oxygen atoms in total. The molecular formula is C14H15NO. The predicted octanol–water partition coefficient (Wildman–Crippen LogP) is 3.26. The first-order chi connectivity index (χ1) is 7.58. The highest BCUT2D eigenvalue weighted by atomic mass is 16.3. The molecule has 0 unspecified atom stereocenters. The van der Waals surface area contributed by atoms with Gasteiger partial charge >= 0.3 is 0 Å². The SMILES string of the molecule is Cc1ccc(C)c(-c2ccc(N)cc2O)c1. The Hall–Kier alpha value is -1.96. The molecule has 0 aliphatic rings. The molecule has 0 aliphatic carbocycles. The summed E-state index contributed by atoms with van der Waals surface area (Å²) in [7, 11) is 0. The van der Waals surface area contributed by atoms with Crippen LogP contribution in [-0.4, -0.2) is 5.11 Å². The van der Waals surface area contributed by atoms with Crippen molar-refractivity contribution in [1.82, 2.24) is 0 Å². The number of anilines is 1. The van der Waals surface area contributed by atoms with Crippen molar-refractivity contribution in [3.05, 3.63) is 47.5 Å². The van der Waals surface area contributed by atoms with Crippen LogP contribution in [0.1, 0.15) is 11.1 Å². The molecule has 82 valence electrons. The summed E-state index contributed by atoms with van der Waals surface area (Å²) < 4.78 is 0. The number of hydrogen-bond acceptors (Lipinski definition) is 2. The zero-order chi connectivity index (χ0) is 11.7. The summed E-state index contributed by atoms with van der Waals surface area (Å²) in [5, 5.41) is 9.88. The Bertz CT molecular complexity index is 532. The molecule has 16 heavy (non-hydrogen) atoms. The fourth-order valence-corrected chi connectivity index (χ4v) is 1.80. The van der Waals surface area contributed by atoms with Crippen molar-refractivity contribution in [2.24, 2.45) is 0 Å². The van der Waals surface area contributed by atoms with Crippen LogP contribution in [0.2, 0.25) is 0 Å². The lowest BCUT2D eigenvalue weighted by Gasteiger charge is -2.09. The zero-order valence-corrected chi connectivity index (χ0v) is 9.49. The summed E-state index contributed by atoms with van der Waals surface area (Å²) in [6, 6.07) is 11.4. The number of phenols is 1. The number of nitrogens with two attached hydrogens (primary N) is 1. The first-order valence-electron chi connectivity index (χ1n) is 5.24. The van der Waals surface area contributed by atoms with Gasteiger partial charge in [0.2, 0.25) is 0 Å². The highest BCUT2D eigenvalue weighted by Gasteiger charge is 2.07. The molecule has 0 atom stereocenters. The minimum absolute atomic E-state index is 0.230. The maximum absolute atomic E-state index is 9.88. The van der Waals surface area contributed by atoms with Crippen molar-refractivity contribution in [3.63, 3.8) is 0 Å². The Kier molecular flexibility index (Phi) is 2.57. The van der Waals surface area contributed by atoms with Crippen LogP contribution in [0.25, 0.3) is 11.1 Å². The van der Waals surface area contributed by atoms with E-state index in [1.807, 2.05) is 19.9 Å². The van der Waals surface area contributed by atoms with Gasteiger partial charge in [0.25, 0.3) is 0 Å². The molecule has 0 saturated heterocycles. The number of nitrogen functional groups attached to an aromatic ring is 1. The lowest BCUT2D eigenvalue weighted by Crippen LogP contribution is -1.88. The normalized spacial score (nSPS) is 10.4. The summed E-state index contributed by atoms with van der Waals surface area (Å²) in [5.74, 6) is 0.230. The Morgan fingerprint density at radius 3 is 2.38 bits per heavy atom. The topological polar surface area (TPSA) is 46.2 Å². The van der Waals surface area contributed by atoms with Crippen LogP contribution in [0.15, 0.2) is 36.4 Å². The molecule has 2 heteroatoms. The Labute approximate surface area is 95.4 Å². The number of hydrogen-bond donors (Lipinski definition) is 2. The molecule has 0 heterocycles. The van der Waals surface area contributed by atoms with Crippen LogP contribution in [-0.2, 0) is 0 Å². The maximum Gasteiger partial charge on any atom is 0.125 e. The quantitative estimate of drug-likeness (QED) is 0.714. The van der Waals surface area contributed by atoms with E-state index in [-0.39, 0.29) is 5.75 Å². The van der Waals surface area contributed by atoms with Crippen LogP contribution in [0.5, 0.6) is 5.75 Å². The summed E-state index contributed by atoms with van der Waals surface area (Å²) in [6.45, 7) is 4.07. The van der Waals surface area contributed by atoms with Gasteiger partial charge in [-0.2, -0.15) is 0 Å². The van der Waals surface area contributed by atoms with Gasteiger partial charge in [-0.3, -0.25) is 0 Å². The molecule has 2 aromatic rings. The van der Waals surface area contributed by atoms with Gasteiger partial charge in [-0.25, -0.2) is 0 Å². The molecule has 0 fully saturated rings. The number of aromatic hydroxyl groups is 1. The van der Waals surface area contributed by atoms with Crippen LogP contribution < -0.4 is 5.73 Å². The average Bonchev–Trinajstić information content (AvgIpc) is 2.22. The number of benzene rings is 2. The summed E-state index contributed by atoms with van der Waals surface area (Å²) in [6.07, 6.45) is 0. The first-order valence-corrected chi connectivity index (χ1v) is 5.24. The minimum atomic E-state index is 0.230. The third-order valence-electron chi connectivity index (χ3n) is 2.71. The van der Waals surface area contributed by atoms with E-state index in [1.54, 1.807) is 12.1 Å². The molecule has 0 radical (unpaired) electrons. The third kappa shape index (κ3) is 1.87. The van der Waals surface area contributed by atoms with Gasteiger partial charge in [0.15, 0.2) is 0 Å². The number of rotatable bonds is 1. The van der Waals surface area contributed by atoms with Crippen molar-refractivity contribution in [3.8, 4) is 16.9 Å². The smallest absolute Gasteiger partial charge is 0.125 e. The van der Waals surface area contributed by atoms with Crippen LogP contribution >= 0.6 is 0 Å². The summed E-state index contributed by atoms with van der Waals surface area (Å²) >= 11 is 0. The Balaban J connectivity index is 2.62. The average molecular weight is 213 g/mol. The van der Waals surface area contributed by atoms with Gasteiger partial charge in [-0.05, 0) is 37.1 Å². The molecule has 0 saturated carbocycles. The lowest BCUT2D eigenvalue weighted by atomic mass is 9.97. The molecule has 0 bridgehead atoms. The highest BCUT2D eigenvalue weighted by Crippen LogP contribution is 2.33. The predicted molar refractivity (Wildman–Crippen MR) is 67.4 cm³/mol. The Morgan fingerprint density at radius 1 is 0.938 bits per heavy atom. The largest absolute Gasteiger partial charge is 0.507 e. The lowest BCUT2D eigenvalue weighted by molar-refractivity contribution is 0.477. The second-order valence-corrected chi connectivity index (χ2v) is 4.09. The minimum Gasteiger partial charge on any atom is -0.507 e. The van der Waals surface area contributed by atoms with E-state index < -0.39 is 0 Å². The van der Waals surface area contributed by atoms with E-state index in [1.165, 1.54) is 5.56 Å². The van der Waals surface area contributed by atoms with Crippen LogP contribution in [0.3, 0.4) is 0 Å². The first kappa shape index (κ1) is 10.6. The molecule has 2 rings (SSSR count). The van der Waals surface area contributed by atoms with Gasteiger partial charge in [-0.15, -0.1) is 0 Å². The molecule has 0 aliphatic heterocycles. The van der Waals surface area contributed by atoms with Crippen molar-refractivity contribution in [2.75, 3.05) is 5.73 Å². The molecule has 2 aromatic carbocycles. The van der Waals surface area contributed by atoms with E-state index >= 15 is 0 Å². The Morgan fingerprint density at radius 2 is 1.69 bits per heavy atom. The molecule has 0 aromatic heterocycles. The van der Waals surface area contributed by atoms with Gasteiger partial charge in [-0.1, -0.05) is 23.8 Å². The van der Waals surface area contributed by atoms with Crippen molar-refractivity contribution in [1.29, 1.82) is 0 Å².